The van der Waals surface area contributed by atoms with Crippen molar-refractivity contribution in [2.45, 2.75) is 63.8 Å². The highest BCUT2D eigenvalue weighted by molar-refractivity contribution is 7.99. The molecule has 1 unspecified atom stereocenters. The van der Waals surface area contributed by atoms with Crippen LogP contribution in [0.2, 0.25) is 0 Å². The van der Waals surface area contributed by atoms with Gasteiger partial charge >= 0.3 is 0 Å². The van der Waals surface area contributed by atoms with E-state index in [9.17, 15) is 0 Å². The summed E-state index contributed by atoms with van der Waals surface area (Å²) in [4.78, 5) is 0. The zero-order chi connectivity index (χ0) is 14.0. The molecule has 0 bridgehead atoms. The fourth-order valence-corrected chi connectivity index (χ4v) is 4.06. The number of thioether (sulfide) groups is 1. The van der Waals surface area contributed by atoms with Crippen LogP contribution >= 0.6 is 11.8 Å². The van der Waals surface area contributed by atoms with E-state index in [0.29, 0.717) is 12.1 Å². The molecule has 1 aromatic heterocycles. The van der Waals surface area contributed by atoms with E-state index in [4.69, 9.17) is 0 Å². The summed E-state index contributed by atoms with van der Waals surface area (Å²) in [5, 5.41) is 9.22. The van der Waals surface area contributed by atoms with Crippen molar-refractivity contribution in [2.24, 2.45) is 7.05 Å². The van der Waals surface area contributed by atoms with Gasteiger partial charge in [0.25, 0.3) is 0 Å². The van der Waals surface area contributed by atoms with Gasteiger partial charge in [-0.1, -0.05) is 0 Å². The minimum Gasteiger partial charge on any atom is -0.307 e. The Hall–Kier alpha value is -0.480. The van der Waals surface area contributed by atoms with Gasteiger partial charge < -0.3 is 5.32 Å². The molecular weight excluding hydrogens is 254 g/mol. The Morgan fingerprint density at radius 1 is 1.26 bits per heavy atom. The predicted octanol–water partition coefficient (Wildman–Crippen LogP) is 3.36. The maximum atomic E-state index is 4.52. The minimum atomic E-state index is 0.407. The molecule has 1 aliphatic rings. The molecule has 19 heavy (non-hydrogen) atoms. The summed E-state index contributed by atoms with van der Waals surface area (Å²) in [7, 11) is 2.03. The van der Waals surface area contributed by atoms with Crippen molar-refractivity contribution in [1.82, 2.24) is 15.1 Å². The molecule has 0 aliphatic heterocycles. The molecule has 1 aliphatic carbocycles. The largest absolute Gasteiger partial charge is 0.307 e. The van der Waals surface area contributed by atoms with Gasteiger partial charge in [-0.15, -0.1) is 0 Å². The van der Waals surface area contributed by atoms with Gasteiger partial charge in [-0.25, -0.2) is 0 Å². The van der Waals surface area contributed by atoms with Crippen molar-refractivity contribution in [1.29, 1.82) is 0 Å². The van der Waals surface area contributed by atoms with E-state index in [1.807, 2.05) is 23.5 Å². The van der Waals surface area contributed by atoms with Crippen LogP contribution in [0.25, 0.3) is 0 Å². The zero-order valence-corrected chi connectivity index (χ0v) is 13.7. The van der Waals surface area contributed by atoms with Crippen LogP contribution in [0, 0.1) is 13.8 Å². The third kappa shape index (κ3) is 3.34. The van der Waals surface area contributed by atoms with Crippen LogP contribution in [-0.2, 0) is 7.05 Å². The van der Waals surface area contributed by atoms with E-state index in [1.54, 1.807) is 0 Å². The Labute approximate surface area is 121 Å². The fraction of sp³-hybridized carbons (Fsp3) is 0.800. The Morgan fingerprint density at radius 2 is 1.89 bits per heavy atom. The number of aryl methyl sites for hydroxylation is 2. The van der Waals surface area contributed by atoms with E-state index in [-0.39, 0.29) is 0 Å². The van der Waals surface area contributed by atoms with Gasteiger partial charge in [0, 0.05) is 35.6 Å². The molecule has 1 heterocycles. The van der Waals surface area contributed by atoms with E-state index < -0.39 is 0 Å². The second-order valence-electron chi connectivity index (χ2n) is 5.81. The summed E-state index contributed by atoms with van der Waals surface area (Å²) in [6.45, 7) is 6.56. The molecule has 0 saturated heterocycles. The van der Waals surface area contributed by atoms with Crippen molar-refractivity contribution in [3.8, 4) is 0 Å². The van der Waals surface area contributed by atoms with E-state index in [2.05, 4.69) is 37.4 Å². The number of nitrogens with zero attached hydrogens (tertiary/aromatic N) is 2. The van der Waals surface area contributed by atoms with Gasteiger partial charge in [-0.05, 0) is 52.7 Å². The Bertz CT molecular complexity index is 419. The fourth-order valence-electron chi connectivity index (χ4n) is 3.32. The van der Waals surface area contributed by atoms with Crippen LogP contribution in [0.1, 0.15) is 55.6 Å². The molecule has 0 spiro atoms. The van der Waals surface area contributed by atoms with Gasteiger partial charge in [0.15, 0.2) is 0 Å². The summed E-state index contributed by atoms with van der Waals surface area (Å²) in [6.07, 6.45) is 7.58. The molecule has 0 aromatic carbocycles. The highest BCUT2D eigenvalue weighted by atomic mass is 32.2. The summed E-state index contributed by atoms with van der Waals surface area (Å²) in [5.74, 6) is 0. The summed E-state index contributed by atoms with van der Waals surface area (Å²) in [6, 6.07) is 1.09. The monoisotopic (exact) mass is 281 g/mol. The standard InChI is InChI=1S/C15H27N3S/c1-10(15-11(2)17-18(4)12(15)3)16-13-6-8-14(19-5)9-7-13/h10,13-14,16H,6-9H2,1-5H3. The third-order valence-corrected chi connectivity index (χ3v) is 5.63. The minimum absolute atomic E-state index is 0.407. The normalized spacial score (nSPS) is 25.5. The molecule has 3 nitrogen and oxygen atoms in total. The number of hydrogen-bond acceptors (Lipinski definition) is 3. The summed E-state index contributed by atoms with van der Waals surface area (Å²) in [5.41, 5.74) is 3.84. The lowest BCUT2D eigenvalue weighted by Crippen LogP contribution is -2.35. The highest BCUT2D eigenvalue weighted by Crippen LogP contribution is 2.29. The quantitative estimate of drug-likeness (QED) is 0.918. The Morgan fingerprint density at radius 3 is 2.37 bits per heavy atom. The van der Waals surface area contributed by atoms with Crippen molar-refractivity contribution in [3.05, 3.63) is 17.0 Å². The average Bonchev–Trinajstić information content (AvgIpc) is 2.64. The molecule has 1 N–H and O–H groups in total. The lowest BCUT2D eigenvalue weighted by molar-refractivity contribution is 0.351. The van der Waals surface area contributed by atoms with Crippen molar-refractivity contribution < 1.29 is 0 Å². The first-order valence-corrected chi connectivity index (χ1v) is 8.60. The molecule has 0 radical (unpaired) electrons. The third-order valence-electron chi connectivity index (χ3n) is 4.49. The number of nitrogens with one attached hydrogen (secondary N) is 1. The number of aromatic nitrogens is 2. The van der Waals surface area contributed by atoms with Gasteiger partial charge in [-0.3, -0.25) is 4.68 Å². The molecule has 1 saturated carbocycles. The second-order valence-corrected chi connectivity index (χ2v) is 6.94. The highest BCUT2D eigenvalue weighted by Gasteiger charge is 2.23. The molecular formula is C15H27N3S. The van der Waals surface area contributed by atoms with Gasteiger partial charge in [-0.2, -0.15) is 16.9 Å². The van der Waals surface area contributed by atoms with E-state index in [0.717, 1.165) is 10.9 Å². The van der Waals surface area contributed by atoms with E-state index in [1.165, 1.54) is 36.9 Å². The zero-order valence-electron chi connectivity index (χ0n) is 12.9. The van der Waals surface area contributed by atoms with Crippen LogP contribution in [0.5, 0.6) is 0 Å². The topological polar surface area (TPSA) is 29.9 Å². The van der Waals surface area contributed by atoms with Crippen LogP contribution in [-0.4, -0.2) is 27.3 Å². The van der Waals surface area contributed by atoms with Crippen molar-refractivity contribution >= 4 is 11.8 Å². The first kappa shape index (κ1) is 14.9. The molecule has 1 aromatic rings. The van der Waals surface area contributed by atoms with Gasteiger partial charge in [0.05, 0.1) is 5.69 Å². The molecule has 108 valence electrons. The summed E-state index contributed by atoms with van der Waals surface area (Å²) < 4.78 is 1.99. The van der Waals surface area contributed by atoms with Crippen LogP contribution in [0.15, 0.2) is 0 Å². The molecule has 0 amide bonds. The van der Waals surface area contributed by atoms with Crippen LogP contribution < -0.4 is 5.32 Å². The lowest BCUT2D eigenvalue weighted by Gasteiger charge is -2.30. The van der Waals surface area contributed by atoms with E-state index >= 15 is 0 Å². The number of hydrogen-bond donors (Lipinski definition) is 1. The maximum absolute atomic E-state index is 4.52. The predicted molar refractivity (Wildman–Crippen MR) is 83.8 cm³/mol. The SMILES string of the molecule is CSC1CCC(NC(C)c2c(C)nn(C)c2C)CC1. The maximum Gasteiger partial charge on any atom is 0.0644 e. The average molecular weight is 281 g/mol. The van der Waals surface area contributed by atoms with Crippen LogP contribution in [0.4, 0.5) is 0 Å². The lowest BCUT2D eigenvalue weighted by atomic mass is 9.93. The van der Waals surface area contributed by atoms with Gasteiger partial charge in [0.1, 0.15) is 0 Å². The molecule has 1 fully saturated rings. The Balaban J connectivity index is 1.96. The first-order chi connectivity index (χ1) is 9.02. The van der Waals surface area contributed by atoms with Gasteiger partial charge in [0.2, 0.25) is 0 Å². The number of rotatable bonds is 4. The molecule has 4 heteroatoms. The Kier molecular flexibility index (Phi) is 4.96. The van der Waals surface area contributed by atoms with Crippen LogP contribution in [0.3, 0.4) is 0 Å². The molecule has 2 rings (SSSR count). The van der Waals surface area contributed by atoms with Crippen molar-refractivity contribution in [2.75, 3.05) is 6.26 Å². The second kappa shape index (κ2) is 6.31. The smallest absolute Gasteiger partial charge is 0.0644 e. The van der Waals surface area contributed by atoms with Crippen molar-refractivity contribution in [3.63, 3.8) is 0 Å². The first-order valence-electron chi connectivity index (χ1n) is 7.31. The molecule has 1 atom stereocenters. The summed E-state index contributed by atoms with van der Waals surface area (Å²) >= 11 is 2.03.